The van der Waals surface area contributed by atoms with E-state index in [0.717, 1.165) is 6.42 Å². The SMILES string of the molecule is COCCC(N)CN. The van der Waals surface area contributed by atoms with Crippen molar-refractivity contribution in [3.8, 4) is 0 Å². The first-order valence-electron chi connectivity index (χ1n) is 2.76. The zero-order chi connectivity index (χ0) is 6.41. The van der Waals surface area contributed by atoms with E-state index in [9.17, 15) is 0 Å². The van der Waals surface area contributed by atoms with E-state index < -0.39 is 0 Å². The Labute approximate surface area is 50.0 Å². The lowest BCUT2D eigenvalue weighted by atomic mass is 10.2. The number of hydrogen-bond acceptors (Lipinski definition) is 3. The maximum atomic E-state index is 5.45. The molecule has 0 bridgehead atoms. The summed E-state index contributed by atoms with van der Waals surface area (Å²) < 4.78 is 4.78. The van der Waals surface area contributed by atoms with Crippen molar-refractivity contribution in [2.45, 2.75) is 12.5 Å². The molecule has 0 radical (unpaired) electrons. The summed E-state index contributed by atoms with van der Waals surface area (Å²) in [6, 6.07) is 0.106. The number of nitrogens with two attached hydrogens (primary N) is 2. The molecule has 0 aromatic carbocycles. The standard InChI is InChI=1S/C5H14N2O/c1-8-3-2-5(7)4-6/h5H,2-4,6-7H2,1H3. The Morgan fingerprint density at radius 2 is 2.25 bits per heavy atom. The van der Waals surface area contributed by atoms with Crippen molar-refractivity contribution in [2.24, 2.45) is 11.5 Å². The quantitative estimate of drug-likeness (QED) is 0.513. The fraction of sp³-hybridized carbons (Fsp3) is 1.00. The molecule has 0 aliphatic carbocycles. The highest BCUT2D eigenvalue weighted by Crippen LogP contribution is 1.83. The highest BCUT2D eigenvalue weighted by Gasteiger charge is 1.95. The third-order valence-corrected chi connectivity index (χ3v) is 0.996. The van der Waals surface area contributed by atoms with Gasteiger partial charge in [0.05, 0.1) is 0 Å². The number of rotatable bonds is 4. The van der Waals surface area contributed by atoms with E-state index in [2.05, 4.69) is 0 Å². The summed E-state index contributed by atoms with van der Waals surface area (Å²) in [5.41, 5.74) is 10.7. The van der Waals surface area contributed by atoms with Crippen molar-refractivity contribution in [3.05, 3.63) is 0 Å². The van der Waals surface area contributed by atoms with Crippen LogP contribution >= 0.6 is 0 Å². The van der Waals surface area contributed by atoms with Crippen molar-refractivity contribution in [2.75, 3.05) is 20.3 Å². The molecule has 1 unspecified atom stereocenters. The van der Waals surface area contributed by atoms with Gasteiger partial charge in [0.15, 0.2) is 0 Å². The third-order valence-electron chi connectivity index (χ3n) is 0.996. The smallest absolute Gasteiger partial charge is 0.0477 e. The Morgan fingerprint density at radius 1 is 1.62 bits per heavy atom. The normalized spacial score (nSPS) is 13.9. The van der Waals surface area contributed by atoms with Gasteiger partial charge in [-0.1, -0.05) is 0 Å². The van der Waals surface area contributed by atoms with Gasteiger partial charge in [-0.15, -0.1) is 0 Å². The van der Waals surface area contributed by atoms with E-state index in [1.165, 1.54) is 0 Å². The van der Waals surface area contributed by atoms with Gasteiger partial charge in [-0.2, -0.15) is 0 Å². The number of ether oxygens (including phenoxy) is 1. The first kappa shape index (κ1) is 7.88. The Bertz CT molecular complexity index is 49.7. The lowest BCUT2D eigenvalue weighted by Gasteiger charge is -2.05. The highest BCUT2D eigenvalue weighted by atomic mass is 16.5. The van der Waals surface area contributed by atoms with Gasteiger partial charge in [0, 0.05) is 26.3 Å². The summed E-state index contributed by atoms with van der Waals surface area (Å²) in [5, 5.41) is 0. The van der Waals surface area contributed by atoms with Crippen molar-refractivity contribution in [1.82, 2.24) is 0 Å². The van der Waals surface area contributed by atoms with Crippen molar-refractivity contribution in [1.29, 1.82) is 0 Å². The molecule has 50 valence electrons. The minimum Gasteiger partial charge on any atom is -0.385 e. The molecule has 3 nitrogen and oxygen atoms in total. The average Bonchev–Trinajstić information content (AvgIpc) is 1.83. The van der Waals surface area contributed by atoms with Gasteiger partial charge in [0.1, 0.15) is 0 Å². The molecule has 0 aliphatic heterocycles. The third kappa shape index (κ3) is 4.05. The molecule has 0 aromatic heterocycles. The van der Waals surface area contributed by atoms with Crippen molar-refractivity contribution < 1.29 is 4.74 Å². The fourth-order valence-electron chi connectivity index (χ4n) is 0.387. The van der Waals surface area contributed by atoms with Crippen LogP contribution in [0.3, 0.4) is 0 Å². The summed E-state index contributed by atoms with van der Waals surface area (Å²) in [5.74, 6) is 0. The second kappa shape index (κ2) is 5.03. The van der Waals surface area contributed by atoms with E-state index in [0.29, 0.717) is 13.2 Å². The molecule has 4 N–H and O–H groups in total. The van der Waals surface area contributed by atoms with Gasteiger partial charge < -0.3 is 16.2 Å². The highest BCUT2D eigenvalue weighted by molar-refractivity contribution is 4.59. The lowest BCUT2D eigenvalue weighted by Crippen LogP contribution is -2.30. The molecule has 0 aromatic rings. The Balaban J connectivity index is 2.86. The molecule has 3 heteroatoms. The zero-order valence-corrected chi connectivity index (χ0v) is 5.26. The van der Waals surface area contributed by atoms with Crippen LogP contribution in [0.1, 0.15) is 6.42 Å². The van der Waals surface area contributed by atoms with Crippen LogP contribution in [0.2, 0.25) is 0 Å². The zero-order valence-electron chi connectivity index (χ0n) is 5.26. The van der Waals surface area contributed by atoms with Crippen LogP contribution in [-0.4, -0.2) is 26.3 Å². The molecule has 0 saturated carbocycles. The largest absolute Gasteiger partial charge is 0.385 e. The minimum absolute atomic E-state index is 0.106. The van der Waals surface area contributed by atoms with E-state index in [4.69, 9.17) is 16.2 Å². The topological polar surface area (TPSA) is 61.3 Å². The molecule has 0 spiro atoms. The Kier molecular flexibility index (Phi) is 4.95. The number of methoxy groups -OCH3 is 1. The maximum Gasteiger partial charge on any atom is 0.0477 e. The summed E-state index contributed by atoms with van der Waals surface area (Å²) >= 11 is 0. The lowest BCUT2D eigenvalue weighted by molar-refractivity contribution is 0.188. The van der Waals surface area contributed by atoms with Gasteiger partial charge >= 0.3 is 0 Å². The predicted molar refractivity (Wildman–Crippen MR) is 33.5 cm³/mol. The summed E-state index contributed by atoms with van der Waals surface area (Å²) in [4.78, 5) is 0. The number of hydrogen-bond donors (Lipinski definition) is 2. The van der Waals surface area contributed by atoms with Crippen LogP contribution in [0.4, 0.5) is 0 Å². The minimum atomic E-state index is 0.106. The first-order valence-corrected chi connectivity index (χ1v) is 2.76. The van der Waals surface area contributed by atoms with E-state index in [1.54, 1.807) is 7.11 Å². The van der Waals surface area contributed by atoms with E-state index >= 15 is 0 Å². The van der Waals surface area contributed by atoms with Crippen LogP contribution < -0.4 is 11.5 Å². The molecular formula is C5H14N2O. The molecular weight excluding hydrogens is 104 g/mol. The van der Waals surface area contributed by atoms with Gasteiger partial charge in [-0.3, -0.25) is 0 Å². The van der Waals surface area contributed by atoms with Crippen LogP contribution in [0.25, 0.3) is 0 Å². The van der Waals surface area contributed by atoms with Gasteiger partial charge in [-0.25, -0.2) is 0 Å². The predicted octanol–water partition coefficient (Wildman–Crippen LogP) is -0.691. The van der Waals surface area contributed by atoms with Gasteiger partial charge in [-0.05, 0) is 6.42 Å². The molecule has 0 amide bonds. The first-order chi connectivity index (χ1) is 3.81. The van der Waals surface area contributed by atoms with Crippen molar-refractivity contribution >= 4 is 0 Å². The molecule has 0 aliphatic rings. The van der Waals surface area contributed by atoms with E-state index in [-0.39, 0.29) is 6.04 Å². The fourth-order valence-corrected chi connectivity index (χ4v) is 0.387. The maximum absolute atomic E-state index is 5.45. The van der Waals surface area contributed by atoms with Crippen LogP contribution in [0.5, 0.6) is 0 Å². The Morgan fingerprint density at radius 3 is 2.62 bits per heavy atom. The monoisotopic (exact) mass is 118 g/mol. The van der Waals surface area contributed by atoms with Gasteiger partial charge in [0.2, 0.25) is 0 Å². The van der Waals surface area contributed by atoms with Crippen LogP contribution in [0, 0.1) is 0 Å². The van der Waals surface area contributed by atoms with Crippen molar-refractivity contribution in [3.63, 3.8) is 0 Å². The summed E-state index contributed by atoms with van der Waals surface area (Å²) in [6.45, 7) is 1.25. The summed E-state index contributed by atoms with van der Waals surface area (Å²) in [7, 11) is 1.66. The van der Waals surface area contributed by atoms with E-state index in [1.807, 2.05) is 0 Å². The van der Waals surface area contributed by atoms with Gasteiger partial charge in [0.25, 0.3) is 0 Å². The molecule has 0 rings (SSSR count). The second-order valence-corrected chi connectivity index (χ2v) is 1.78. The molecule has 1 atom stereocenters. The van der Waals surface area contributed by atoms with Crippen LogP contribution in [0.15, 0.2) is 0 Å². The second-order valence-electron chi connectivity index (χ2n) is 1.78. The molecule has 0 saturated heterocycles. The average molecular weight is 118 g/mol. The summed E-state index contributed by atoms with van der Waals surface area (Å²) in [6.07, 6.45) is 0.854. The Hall–Kier alpha value is -0.120. The molecule has 0 heterocycles. The van der Waals surface area contributed by atoms with Crippen LogP contribution in [-0.2, 0) is 4.74 Å². The molecule has 0 fully saturated rings. The molecule has 8 heavy (non-hydrogen) atoms.